The first kappa shape index (κ1) is 12.6. The summed E-state index contributed by atoms with van der Waals surface area (Å²) < 4.78 is 50.3. The number of alkyl halides is 3. The second kappa shape index (κ2) is 4.61. The number of carbonyl (C=O) groups is 1. The maximum Gasteiger partial charge on any atom is 0.419 e. The monoisotopic (exact) mass is 235 g/mol. The average Bonchev–Trinajstić information content (AvgIpc) is 2.16. The molecule has 0 aliphatic heterocycles. The summed E-state index contributed by atoms with van der Waals surface area (Å²) in [4.78, 5) is 11.3. The van der Waals surface area contributed by atoms with Crippen LogP contribution in [0.1, 0.15) is 15.9 Å². The predicted octanol–water partition coefficient (Wildman–Crippen LogP) is 2.25. The number of benzene rings is 1. The van der Waals surface area contributed by atoms with Crippen LogP contribution in [0, 0.1) is 5.82 Å². The second-order valence-corrected chi connectivity index (χ2v) is 3.12. The van der Waals surface area contributed by atoms with E-state index in [1.165, 1.54) is 7.05 Å². The zero-order valence-corrected chi connectivity index (χ0v) is 8.36. The minimum Gasteiger partial charge on any atom is -0.313 e. The van der Waals surface area contributed by atoms with Crippen molar-refractivity contribution in [1.29, 1.82) is 0 Å². The Kier molecular flexibility index (Phi) is 3.64. The lowest BCUT2D eigenvalue weighted by Crippen LogP contribution is -2.21. The largest absolute Gasteiger partial charge is 0.419 e. The molecule has 0 atom stereocenters. The molecule has 1 N–H and O–H groups in total. The van der Waals surface area contributed by atoms with Crippen molar-refractivity contribution in [2.75, 3.05) is 13.6 Å². The van der Waals surface area contributed by atoms with Crippen LogP contribution in [0.2, 0.25) is 0 Å². The van der Waals surface area contributed by atoms with E-state index in [2.05, 4.69) is 5.32 Å². The Balaban J connectivity index is 3.19. The molecule has 0 saturated carbocycles. The van der Waals surface area contributed by atoms with Crippen molar-refractivity contribution in [1.82, 2.24) is 5.32 Å². The standard InChI is InChI=1S/C10H9F4NO/c1-15-5-8(16)6-3-2-4-7(9(6)11)10(12,13)14/h2-4,15H,5H2,1H3. The number of Topliss-reactive ketones (excluding diaryl/α,β-unsaturated/α-hetero) is 1. The van der Waals surface area contributed by atoms with Gasteiger partial charge in [0.25, 0.3) is 0 Å². The van der Waals surface area contributed by atoms with Gasteiger partial charge < -0.3 is 5.32 Å². The van der Waals surface area contributed by atoms with E-state index in [-0.39, 0.29) is 6.54 Å². The fourth-order valence-electron chi connectivity index (χ4n) is 1.22. The van der Waals surface area contributed by atoms with Crippen LogP contribution < -0.4 is 5.32 Å². The fraction of sp³-hybridized carbons (Fsp3) is 0.300. The summed E-state index contributed by atoms with van der Waals surface area (Å²) in [5, 5.41) is 2.45. The van der Waals surface area contributed by atoms with E-state index in [4.69, 9.17) is 0 Å². The van der Waals surface area contributed by atoms with E-state index in [0.717, 1.165) is 12.1 Å². The van der Waals surface area contributed by atoms with Gasteiger partial charge in [0.15, 0.2) is 5.78 Å². The van der Waals surface area contributed by atoms with Crippen molar-refractivity contribution in [2.45, 2.75) is 6.18 Å². The fourth-order valence-corrected chi connectivity index (χ4v) is 1.22. The number of nitrogens with one attached hydrogen (secondary N) is 1. The molecule has 0 aliphatic carbocycles. The first-order chi connectivity index (χ1) is 7.38. The highest BCUT2D eigenvalue weighted by molar-refractivity contribution is 5.98. The third-order valence-corrected chi connectivity index (χ3v) is 1.94. The van der Waals surface area contributed by atoms with Gasteiger partial charge in [0.1, 0.15) is 5.82 Å². The minimum absolute atomic E-state index is 0.210. The van der Waals surface area contributed by atoms with E-state index >= 15 is 0 Å². The summed E-state index contributed by atoms with van der Waals surface area (Å²) >= 11 is 0. The van der Waals surface area contributed by atoms with E-state index < -0.39 is 28.9 Å². The number of hydrogen-bond donors (Lipinski definition) is 1. The van der Waals surface area contributed by atoms with Crippen LogP contribution in [-0.4, -0.2) is 19.4 Å². The number of carbonyl (C=O) groups excluding carboxylic acids is 1. The molecule has 0 bridgehead atoms. The molecule has 6 heteroatoms. The molecule has 88 valence electrons. The van der Waals surface area contributed by atoms with Crippen LogP contribution in [-0.2, 0) is 6.18 Å². The Bertz CT molecular complexity index is 400. The molecule has 0 unspecified atom stereocenters. The van der Waals surface area contributed by atoms with Gasteiger partial charge in [0.05, 0.1) is 17.7 Å². The Morgan fingerprint density at radius 1 is 1.38 bits per heavy atom. The Hall–Kier alpha value is -1.43. The van der Waals surface area contributed by atoms with Gasteiger partial charge in [-0.2, -0.15) is 13.2 Å². The third kappa shape index (κ3) is 2.57. The lowest BCUT2D eigenvalue weighted by atomic mass is 10.1. The highest BCUT2D eigenvalue weighted by atomic mass is 19.4. The second-order valence-electron chi connectivity index (χ2n) is 3.12. The van der Waals surface area contributed by atoms with Crippen molar-refractivity contribution in [2.24, 2.45) is 0 Å². The van der Waals surface area contributed by atoms with Gasteiger partial charge in [-0.15, -0.1) is 0 Å². The zero-order valence-electron chi connectivity index (χ0n) is 8.36. The molecule has 2 nitrogen and oxygen atoms in total. The summed E-state index contributed by atoms with van der Waals surface area (Å²) in [5.41, 5.74) is -1.97. The minimum atomic E-state index is -4.79. The van der Waals surface area contributed by atoms with Crippen LogP contribution in [0.4, 0.5) is 17.6 Å². The average molecular weight is 235 g/mol. The molecule has 0 aliphatic rings. The maximum atomic E-state index is 13.4. The van der Waals surface area contributed by atoms with Gasteiger partial charge in [-0.05, 0) is 19.2 Å². The van der Waals surface area contributed by atoms with Crippen molar-refractivity contribution >= 4 is 5.78 Å². The molecule has 0 amide bonds. The first-order valence-corrected chi connectivity index (χ1v) is 4.41. The van der Waals surface area contributed by atoms with Gasteiger partial charge in [-0.1, -0.05) is 6.07 Å². The molecule has 0 radical (unpaired) electrons. The van der Waals surface area contributed by atoms with E-state index in [0.29, 0.717) is 6.07 Å². The highest BCUT2D eigenvalue weighted by Crippen LogP contribution is 2.32. The van der Waals surface area contributed by atoms with Gasteiger partial charge in [0.2, 0.25) is 0 Å². The number of hydrogen-bond acceptors (Lipinski definition) is 2. The summed E-state index contributed by atoms with van der Waals surface area (Å²) in [6, 6.07) is 2.64. The number of ketones is 1. The highest BCUT2D eigenvalue weighted by Gasteiger charge is 2.35. The lowest BCUT2D eigenvalue weighted by molar-refractivity contribution is -0.140. The van der Waals surface area contributed by atoms with Crippen molar-refractivity contribution in [3.8, 4) is 0 Å². The van der Waals surface area contributed by atoms with E-state index in [1.54, 1.807) is 0 Å². The predicted molar refractivity (Wildman–Crippen MR) is 49.7 cm³/mol. The van der Waals surface area contributed by atoms with Crippen LogP contribution in [0.25, 0.3) is 0 Å². The Labute approximate surface area is 89.3 Å². The summed E-state index contributed by atoms with van der Waals surface area (Å²) in [7, 11) is 1.45. The molecule has 0 saturated heterocycles. The van der Waals surface area contributed by atoms with E-state index in [9.17, 15) is 22.4 Å². The summed E-state index contributed by atoms with van der Waals surface area (Å²) in [5.74, 6) is -2.23. The topological polar surface area (TPSA) is 29.1 Å². The third-order valence-electron chi connectivity index (χ3n) is 1.94. The van der Waals surface area contributed by atoms with Crippen molar-refractivity contribution in [3.05, 3.63) is 35.1 Å². The Morgan fingerprint density at radius 3 is 2.50 bits per heavy atom. The van der Waals surface area contributed by atoms with Crippen LogP contribution >= 0.6 is 0 Å². The molecular formula is C10H9F4NO. The lowest BCUT2D eigenvalue weighted by Gasteiger charge is -2.10. The summed E-state index contributed by atoms with van der Waals surface area (Å²) in [6.45, 7) is -0.210. The number of rotatable bonds is 3. The van der Waals surface area contributed by atoms with E-state index in [1.807, 2.05) is 0 Å². The van der Waals surface area contributed by atoms with Crippen molar-refractivity contribution in [3.63, 3.8) is 0 Å². The molecule has 0 aromatic heterocycles. The summed E-state index contributed by atoms with van der Waals surface area (Å²) in [6.07, 6.45) is -4.79. The molecule has 0 spiro atoms. The smallest absolute Gasteiger partial charge is 0.313 e. The maximum absolute atomic E-state index is 13.4. The normalized spacial score (nSPS) is 11.6. The van der Waals surface area contributed by atoms with Gasteiger partial charge in [-0.25, -0.2) is 4.39 Å². The Morgan fingerprint density at radius 2 is 2.00 bits per heavy atom. The van der Waals surface area contributed by atoms with Gasteiger partial charge in [-0.3, -0.25) is 4.79 Å². The number of halogens is 4. The van der Waals surface area contributed by atoms with Crippen LogP contribution in [0.5, 0.6) is 0 Å². The number of likely N-dealkylation sites (N-methyl/N-ethyl adjacent to an activating group) is 1. The quantitative estimate of drug-likeness (QED) is 0.643. The van der Waals surface area contributed by atoms with Gasteiger partial charge >= 0.3 is 6.18 Å². The molecule has 1 aromatic rings. The van der Waals surface area contributed by atoms with Crippen LogP contribution in [0.3, 0.4) is 0 Å². The van der Waals surface area contributed by atoms with Crippen LogP contribution in [0.15, 0.2) is 18.2 Å². The molecule has 0 fully saturated rings. The molecule has 16 heavy (non-hydrogen) atoms. The molecule has 1 rings (SSSR count). The molecule has 1 aromatic carbocycles. The van der Waals surface area contributed by atoms with Crippen molar-refractivity contribution < 1.29 is 22.4 Å². The SMILES string of the molecule is CNCC(=O)c1cccc(C(F)(F)F)c1F. The molecular weight excluding hydrogens is 226 g/mol. The molecule has 0 heterocycles. The van der Waals surface area contributed by atoms with Gasteiger partial charge in [0, 0.05) is 0 Å². The first-order valence-electron chi connectivity index (χ1n) is 4.41. The zero-order chi connectivity index (χ0) is 12.3.